The molecular weight excluding hydrogens is 235 g/mol. The van der Waals surface area contributed by atoms with Crippen LogP contribution in [0.15, 0.2) is 36.4 Å². The van der Waals surface area contributed by atoms with Crippen molar-refractivity contribution >= 4 is 5.97 Å². The number of nitrogens with zero attached hydrogens (tertiary/aromatic N) is 1. The van der Waals surface area contributed by atoms with Crippen molar-refractivity contribution in [2.24, 2.45) is 5.73 Å². The van der Waals surface area contributed by atoms with E-state index in [1.54, 1.807) is 24.3 Å². The molecule has 0 spiro atoms. The molecule has 0 fully saturated rings. The van der Waals surface area contributed by atoms with Crippen LogP contribution in [0.1, 0.15) is 15.9 Å². The van der Waals surface area contributed by atoms with Gasteiger partial charge < -0.3 is 10.8 Å². The van der Waals surface area contributed by atoms with E-state index >= 15 is 0 Å². The van der Waals surface area contributed by atoms with Crippen LogP contribution in [0.4, 0.5) is 4.39 Å². The fraction of sp³-hybridized carbons (Fsp3) is 0.0769. The lowest BCUT2D eigenvalue weighted by molar-refractivity contribution is 0.0697. The molecule has 0 bridgehead atoms. The van der Waals surface area contributed by atoms with Crippen LogP contribution in [-0.2, 0) is 6.54 Å². The van der Waals surface area contributed by atoms with Gasteiger partial charge in [-0.15, -0.1) is 0 Å². The highest BCUT2D eigenvalue weighted by molar-refractivity contribution is 5.89. The summed E-state index contributed by atoms with van der Waals surface area (Å²) in [6.45, 7) is 0.0777. The molecule has 2 rings (SSSR count). The zero-order chi connectivity index (χ0) is 13.1. The van der Waals surface area contributed by atoms with Crippen molar-refractivity contribution in [2.75, 3.05) is 0 Å². The molecule has 1 aromatic carbocycles. The summed E-state index contributed by atoms with van der Waals surface area (Å²) >= 11 is 0. The molecule has 1 aromatic heterocycles. The van der Waals surface area contributed by atoms with Gasteiger partial charge in [-0.1, -0.05) is 18.2 Å². The fourth-order valence-corrected chi connectivity index (χ4v) is 1.59. The average molecular weight is 246 g/mol. The monoisotopic (exact) mass is 246 g/mol. The van der Waals surface area contributed by atoms with Gasteiger partial charge in [0.05, 0.1) is 11.3 Å². The van der Waals surface area contributed by atoms with E-state index < -0.39 is 11.9 Å². The maximum atomic E-state index is 13.5. The Labute approximate surface area is 103 Å². The van der Waals surface area contributed by atoms with Crippen molar-refractivity contribution in [1.82, 2.24) is 4.98 Å². The van der Waals surface area contributed by atoms with E-state index in [0.717, 1.165) is 0 Å². The Kier molecular flexibility index (Phi) is 3.34. The van der Waals surface area contributed by atoms with E-state index in [4.69, 9.17) is 10.8 Å². The SMILES string of the molecule is NCc1ccc(-c2cccc(C(=O)O)c2)nc1F. The number of rotatable bonds is 3. The van der Waals surface area contributed by atoms with Crippen molar-refractivity contribution in [3.63, 3.8) is 0 Å². The largest absolute Gasteiger partial charge is 0.478 e. The first-order chi connectivity index (χ1) is 8.61. The van der Waals surface area contributed by atoms with Crippen molar-refractivity contribution < 1.29 is 14.3 Å². The smallest absolute Gasteiger partial charge is 0.335 e. The zero-order valence-electron chi connectivity index (χ0n) is 9.43. The molecule has 0 atom stereocenters. The molecule has 0 amide bonds. The molecule has 1 heterocycles. The van der Waals surface area contributed by atoms with Crippen molar-refractivity contribution in [2.45, 2.75) is 6.54 Å². The van der Waals surface area contributed by atoms with Gasteiger partial charge in [-0.05, 0) is 18.2 Å². The van der Waals surface area contributed by atoms with Gasteiger partial charge in [0.15, 0.2) is 0 Å². The Balaban J connectivity index is 2.45. The first kappa shape index (κ1) is 12.2. The van der Waals surface area contributed by atoms with Gasteiger partial charge in [0.1, 0.15) is 0 Å². The average Bonchev–Trinajstić information content (AvgIpc) is 2.38. The highest BCUT2D eigenvalue weighted by Gasteiger charge is 2.08. The second-order valence-corrected chi connectivity index (χ2v) is 3.74. The minimum absolute atomic E-state index is 0.0777. The molecular formula is C13H11FN2O2. The van der Waals surface area contributed by atoms with Crippen LogP contribution >= 0.6 is 0 Å². The lowest BCUT2D eigenvalue weighted by Crippen LogP contribution is -2.02. The summed E-state index contributed by atoms with van der Waals surface area (Å²) in [7, 11) is 0. The number of carboxylic acid groups (broad SMARTS) is 1. The van der Waals surface area contributed by atoms with Crippen LogP contribution < -0.4 is 5.73 Å². The Hall–Kier alpha value is -2.27. The number of hydrogen-bond acceptors (Lipinski definition) is 3. The Morgan fingerprint density at radius 2 is 2.11 bits per heavy atom. The number of nitrogens with two attached hydrogens (primary N) is 1. The zero-order valence-corrected chi connectivity index (χ0v) is 9.43. The third-order valence-electron chi connectivity index (χ3n) is 2.55. The number of carbonyl (C=O) groups is 1. The number of aromatic carboxylic acids is 1. The fourth-order valence-electron chi connectivity index (χ4n) is 1.59. The second kappa shape index (κ2) is 4.93. The van der Waals surface area contributed by atoms with Crippen LogP contribution in [0.25, 0.3) is 11.3 Å². The quantitative estimate of drug-likeness (QED) is 0.812. The molecule has 0 saturated heterocycles. The van der Waals surface area contributed by atoms with E-state index in [0.29, 0.717) is 16.8 Å². The first-order valence-electron chi connectivity index (χ1n) is 5.31. The number of carboxylic acids is 1. The van der Waals surface area contributed by atoms with Gasteiger partial charge in [0, 0.05) is 17.7 Å². The summed E-state index contributed by atoms with van der Waals surface area (Å²) in [5.74, 6) is -1.66. The van der Waals surface area contributed by atoms with Crippen LogP contribution in [0.2, 0.25) is 0 Å². The highest BCUT2D eigenvalue weighted by Crippen LogP contribution is 2.19. The molecule has 5 heteroatoms. The van der Waals surface area contributed by atoms with E-state index in [-0.39, 0.29) is 12.1 Å². The standard InChI is InChI=1S/C13H11FN2O2/c14-12-10(7-15)4-5-11(16-12)8-2-1-3-9(6-8)13(17)18/h1-6H,7,15H2,(H,17,18). The Morgan fingerprint density at radius 3 is 2.72 bits per heavy atom. The Bertz CT molecular complexity index is 599. The van der Waals surface area contributed by atoms with Gasteiger partial charge in [-0.25, -0.2) is 9.78 Å². The normalized spacial score (nSPS) is 10.3. The molecule has 18 heavy (non-hydrogen) atoms. The van der Waals surface area contributed by atoms with Gasteiger partial charge in [0.2, 0.25) is 5.95 Å². The third-order valence-corrected chi connectivity index (χ3v) is 2.55. The highest BCUT2D eigenvalue weighted by atomic mass is 19.1. The summed E-state index contributed by atoms with van der Waals surface area (Å²) in [6, 6.07) is 9.35. The lowest BCUT2D eigenvalue weighted by Gasteiger charge is -2.04. The maximum absolute atomic E-state index is 13.5. The molecule has 0 saturated carbocycles. The van der Waals surface area contributed by atoms with E-state index in [9.17, 15) is 9.18 Å². The van der Waals surface area contributed by atoms with Crippen LogP contribution in [-0.4, -0.2) is 16.1 Å². The molecule has 3 N–H and O–H groups in total. The number of hydrogen-bond donors (Lipinski definition) is 2. The number of benzene rings is 1. The van der Waals surface area contributed by atoms with Crippen LogP contribution in [0.3, 0.4) is 0 Å². The summed E-state index contributed by atoms with van der Waals surface area (Å²) in [4.78, 5) is 14.6. The predicted octanol–water partition coefficient (Wildman–Crippen LogP) is 2.04. The van der Waals surface area contributed by atoms with Gasteiger partial charge in [0.25, 0.3) is 0 Å². The summed E-state index contributed by atoms with van der Waals surface area (Å²) in [5, 5.41) is 8.88. The molecule has 2 aromatic rings. The number of pyridine rings is 1. The topological polar surface area (TPSA) is 76.2 Å². The third kappa shape index (κ3) is 2.36. The van der Waals surface area contributed by atoms with E-state index in [2.05, 4.69) is 4.98 Å². The molecule has 0 unspecified atom stereocenters. The summed E-state index contributed by atoms with van der Waals surface area (Å²) < 4.78 is 13.5. The predicted molar refractivity (Wildman–Crippen MR) is 64.5 cm³/mol. The summed E-state index contributed by atoms with van der Waals surface area (Å²) in [5.41, 5.74) is 6.74. The lowest BCUT2D eigenvalue weighted by atomic mass is 10.1. The Morgan fingerprint density at radius 1 is 1.33 bits per heavy atom. The van der Waals surface area contributed by atoms with Gasteiger partial charge in [-0.3, -0.25) is 0 Å². The van der Waals surface area contributed by atoms with Crippen LogP contribution in [0, 0.1) is 5.95 Å². The van der Waals surface area contributed by atoms with E-state index in [1.165, 1.54) is 12.1 Å². The number of aromatic nitrogens is 1. The van der Waals surface area contributed by atoms with E-state index in [1.807, 2.05) is 0 Å². The van der Waals surface area contributed by atoms with Crippen molar-refractivity contribution in [3.05, 3.63) is 53.5 Å². The van der Waals surface area contributed by atoms with Gasteiger partial charge >= 0.3 is 5.97 Å². The first-order valence-corrected chi connectivity index (χ1v) is 5.31. The maximum Gasteiger partial charge on any atom is 0.335 e. The molecule has 0 aliphatic carbocycles. The van der Waals surface area contributed by atoms with Gasteiger partial charge in [-0.2, -0.15) is 4.39 Å². The molecule has 0 aliphatic rings. The minimum Gasteiger partial charge on any atom is -0.478 e. The molecule has 0 aliphatic heterocycles. The molecule has 4 nitrogen and oxygen atoms in total. The van der Waals surface area contributed by atoms with Crippen molar-refractivity contribution in [3.8, 4) is 11.3 Å². The number of halogens is 1. The summed E-state index contributed by atoms with van der Waals surface area (Å²) in [6.07, 6.45) is 0. The second-order valence-electron chi connectivity index (χ2n) is 3.74. The molecule has 92 valence electrons. The van der Waals surface area contributed by atoms with Crippen LogP contribution in [0.5, 0.6) is 0 Å². The molecule has 0 radical (unpaired) electrons. The minimum atomic E-state index is -1.03. The van der Waals surface area contributed by atoms with Crippen molar-refractivity contribution in [1.29, 1.82) is 0 Å².